The maximum Gasteiger partial charge on any atom is 0.0517 e. The van der Waals surface area contributed by atoms with E-state index in [0.29, 0.717) is 5.92 Å². The molecule has 0 saturated heterocycles. The summed E-state index contributed by atoms with van der Waals surface area (Å²) in [5, 5.41) is 9.07. The zero-order valence-corrected chi connectivity index (χ0v) is 6.59. The summed E-state index contributed by atoms with van der Waals surface area (Å²) in [7, 11) is 0. The van der Waals surface area contributed by atoms with Crippen molar-refractivity contribution in [3.63, 3.8) is 0 Å². The van der Waals surface area contributed by atoms with Gasteiger partial charge in [-0.1, -0.05) is 12.2 Å². The summed E-state index contributed by atoms with van der Waals surface area (Å²) < 4.78 is 0. The number of aliphatic hydroxyl groups excluding tert-OH is 1. The Morgan fingerprint density at radius 2 is 2.50 bits per heavy atom. The largest absolute Gasteiger partial charge is 0.393 e. The average molecular weight is 140 g/mol. The van der Waals surface area contributed by atoms with Crippen LogP contribution in [0.1, 0.15) is 32.6 Å². The Bertz CT molecular complexity index is 116. The van der Waals surface area contributed by atoms with E-state index in [1.54, 1.807) is 0 Å². The molecule has 0 spiro atoms. The van der Waals surface area contributed by atoms with E-state index in [2.05, 4.69) is 12.2 Å². The van der Waals surface area contributed by atoms with Crippen LogP contribution in [0.2, 0.25) is 0 Å². The van der Waals surface area contributed by atoms with E-state index in [9.17, 15) is 0 Å². The molecule has 0 heterocycles. The number of hydrogen-bond donors (Lipinski definition) is 1. The lowest BCUT2D eigenvalue weighted by molar-refractivity contribution is 0.166. The average Bonchev–Trinajstić information content (AvgIpc) is 1.88. The first-order valence-electron chi connectivity index (χ1n) is 4.14. The van der Waals surface area contributed by atoms with Crippen molar-refractivity contribution in [1.29, 1.82) is 0 Å². The standard InChI is InChI=1S/C9H16O/c1-8(10)7-9-5-3-2-4-6-9/h3,5,8-10H,2,4,6-7H2,1H3/t8-,9+/m1/s1. The van der Waals surface area contributed by atoms with E-state index in [-0.39, 0.29) is 6.10 Å². The Balaban J connectivity index is 2.26. The van der Waals surface area contributed by atoms with Gasteiger partial charge in [0.1, 0.15) is 0 Å². The molecule has 1 rings (SSSR count). The minimum absolute atomic E-state index is 0.132. The maximum absolute atomic E-state index is 9.07. The Labute approximate surface area is 62.8 Å². The molecule has 1 nitrogen and oxygen atoms in total. The predicted octanol–water partition coefficient (Wildman–Crippen LogP) is 2.11. The van der Waals surface area contributed by atoms with E-state index < -0.39 is 0 Å². The third-order valence-corrected chi connectivity index (χ3v) is 2.00. The second kappa shape index (κ2) is 3.77. The van der Waals surface area contributed by atoms with Crippen LogP contribution in [0.3, 0.4) is 0 Å². The van der Waals surface area contributed by atoms with Crippen molar-refractivity contribution in [3.05, 3.63) is 12.2 Å². The Morgan fingerprint density at radius 1 is 1.70 bits per heavy atom. The molecule has 0 unspecified atom stereocenters. The van der Waals surface area contributed by atoms with Gasteiger partial charge in [-0.05, 0) is 38.5 Å². The van der Waals surface area contributed by atoms with Crippen LogP contribution < -0.4 is 0 Å². The van der Waals surface area contributed by atoms with Gasteiger partial charge in [0.2, 0.25) is 0 Å². The number of allylic oxidation sites excluding steroid dienone is 2. The van der Waals surface area contributed by atoms with E-state index in [0.717, 1.165) is 6.42 Å². The summed E-state index contributed by atoms with van der Waals surface area (Å²) in [6, 6.07) is 0. The van der Waals surface area contributed by atoms with Crippen molar-refractivity contribution in [2.24, 2.45) is 5.92 Å². The van der Waals surface area contributed by atoms with Gasteiger partial charge >= 0.3 is 0 Å². The highest BCUT2D eigenvalue weighted by atomic mass is 16.3. The molecule has 0 amide bonds. The molecule has 0 bridgehead atoms. The number of rotatable bonds is 2. The summed E-state index contributed by atoms with van der Waals surface area (Å²) in [6.45, 7) is 1.86. The first-order valence-corrected chi connectivity index (χ1v) is 4.14. The molecule has 1 aliphatic rings. The van der Waals surface area contributed by atoms with Crippen molar-refractivity contribution < 1.29 is 5.11 Å². The molecule has 1 N–H and O–H groups in total. The smallest absolute Gasteiger partial charge is 0.0517 e. The van der Waals surface area contributed by atoms with Crippen molar-refractivity contribution in [2.75, 3.05) is 0 Å². The van der Waals surface area contributed by atoms with Crippen LogP contribution in [0.15, 0.2) is 12.2 Å². The Morgan fingerprint density at radius 3 is 3.00 bits per heavy atom. The molecular formula is C9H16O. The van der Waals surface area contributed by atoms with E-state index in [1.807, 2.05) is 6.92 Å². The zero-order chi connectivity index (χ0) is 7.40. The van der Waals surface area contributed by atoms with Crippen molar-refractivity contribution >= 4 is 0 Å². The monoisotopic (exact) mass is 140 g/mol. The summed E-state index contributed by atoms with van der Waals surface area (Å²) in [4.78, 5) is 0. The second-order valence-electron chi connectivity index (χ2n) is 3.20. The van der Waals surface area contributed by atoms with Crippen LogP contribution in [0.25, 0.3) is 0 Å². The molecule has 0 fully saturated rings. The predicted molar refractivity (Wildman–Crippen MR) is 42.8 cm³/mol. The summed E-state index contributed by atoms with van der Waals surface area (Å²) in [6.07, 6.45) is 9.09. The SMILES string of the molecule is C[C@@H](O)C[C@H]1C=CCCC1. The lowest BCUT2D eigenvalue weighted by Crippen LogP contribution is -2.09. The first-order chi connectivity index (χ1) is 4.79. The second-order valence-corrected chi connectivity index (χ2v) is 3.20. The Kier molecular flexibility index (Phi) is 2.94. The van der Waals surface area contributed by atoms with Gasteiger partial charge in [-0.3, -0.25) is 0 Å². The first kappa shape index (κ1) is 7.80. The lowest BCUT2D eigenvalue weighted by Gasteiger charge is -2.17. The van der Waals surface area contributed by atoms with Gasteiger partial charge in [0.05, 0.1) is 6.10 Å². The highest BCUT2D eigenvalue weighted by molar-refractivity contribution is 4.93. The van der Waals surface area contributed by atoms with Gasteiger partial charge < -0.3 is 5.11 Å². The van der Waals surface area contributed by atoms with Crippen LogP contribution >= 0.6 is 0 Å². The molecule has 1 heteroatoms. The molecule has 0 aromatic carbocycles. The molecule has 0 aromatic heterocycles. The fourth-order valence-electron chi connectivity index (χ4n) is 1.52. The van der Waals surface area contributed by atoms with E-state index >= 15 is 0 Å². The topological polar surface area (TPSA) is 20.2 Å². The van der Waals surface area contributed by atoms with Gasteiger partial charge in [0, 0.05) is 0 Å². The molecular weight excluding hydrogens is 124 g/mol. The Hall–Kier alpha value is -0.300. The third-order valence-electron chi connectivity index (χ3n) is 2.00. The van der Waals surface area contributed by atoms with Crippen molar-refractivity contribution in [3.8, 4) is 0 Å². The normalized spacial score (nSPS) is 28.4. The van der Waals surface area contributed by atoms with Crippen LogP contribution in [0, 0.1) is 5.92 Å². The fraction of sp³-hybridized carbons (Fsp3) is 0.778. The summed E-state index contributed by atoms with van der Waals surface area (Å²) in [5.41, 5.74) is 0. The molecule has 0 aliphatic heterocycles. The van der Waals surface area contributed by atoms with Gasteiger partial charge in [0.25, 0.3) is 0 Å². The van der Waals surface area contributed by atoms with Gasteiger partial charge in [0.15, 0.2) is 0 Å². The third kappa shape index (κ3) is 2.53. The van der Waals surface area contributed by atoms with Crippen LogP contribution in [-0.2, 0) is 0 Å². The highest BCUT2D eigenvalue weighted by Crippen LogP contribution is 2.21. The molecule has 58 valence electrons. The molecule has 0 radical (unpaired) electrons. The molecule has 0 aromatic rings. The summed E-state index contributed by atoms with van der Waals surface area (Å²) in [5.74, 6) is 0.647. The zero-order valence-electron chi connectivity index (χ0n) is 6.59. The van der Waals surface area contributed by atoms with E-state index in [4.69, 9.17) is 5.11 Å². The molecule has 1 aliphatic carbocycles. The molecule has 2 atom stereocenters. The minimum atomic E-state index is -0.132. The minimum Gasteiger partial charge on any atom is -0.393 e. The molecule has 10 heavy (non-hydrogen) atoms. The highest BCUT2D eigenvalue weighted by Gasteiger charge is 2.09. The quantitative estimate of drug-likeness (QED) is 0.582. The van der Waals surface area contributed by atoms with Crippen molar-refractivity contribution in [2.45, 2.75) is 38.7 Å². The lowest BCUT2D eigenvalue weighted by atomic mass is 9.91. The van der Waals surface area contributed by atoms with Crippen LogP contribution in [0.4, 0.5) is 0 Å². The van der Waals surface area contributed by atoms with Crippen LogP contribution in [0.5, 0.6) is 0 Å². The van der Waals surface area contributed by atoms with Crippen molar-refractivity contribution in [1.82, 2.24) is 0 Å². The van der Waals surface area contributed by atoms with Gasteiger partial charge in [-0.25, -0.2) is 0 Å². The van der Waals surface area contributed by atoms with Gasteiger partial charge in [-0.15, -0.1) is 0 Å². The van der Waals surface area contributed by atoms with Gasteiger partial charge in [-0.2, -0.15) is 0 Å². The maximum atomic E-state index is 9.07. The fourth-order valence-corrected chi connectivity index (χ4v) is 1.52. The summed E-state index contributed by atoms with van der Waals surface area (Å²) >= 11 is 0. The van der Waals surface area contributed by atoms with Crippen LogP contribution in [-0.4, -0.2) is 11.2 Å². The van der Waals surface area contributed by atoms with E-state index in [1.165, 1.54) is 19.3 Å². The number of hydrogen-bond acceptors (Lipinski definition) is 1. The number of aliphatic hydroxyl groups is 1. The molecule has 0 saturated carbocycles.